The highest BCUT2D eigenvalue weighted by Gasteiger charge is 2.12. The molecule has 1 aromatic carbocycles. The van der Waals surface area contributed by atoms with Gasteiger partial charge in [0, 0.05) is 17.3 Å². The third-order valence-electron chi connectivity index (χ3n) is 1.91. The smallest absolute Gasteiger partial charge is 0.131 e. The van der Waals surface area contributed by atoms with Crippen molar-refractivity contribution in [3.8, 4) is 0 Å². The standard InChI is InChI=1S/C10H10N2OS/c11-8-3-1-2-7(6-8)9(13)10-12-4-5-14-10/h1-6,9,13H,11H2. The van der Waals surface area contributed by atoms with Crippen LogP contribution in [0.4, 0.5) is 5.69 Å². The van der Waals surface area contributed by atoms with Gasteiger partial charge in [-0.3, -0.25) is 0 Å². The molecule has 0 fully saturated rings. The Kier molecular flexibility index (Phi) is 2.47. The topological polar surface area (TPSA) is 59.1 Å². The first-order valence-electron chi connectivity index (χ1n) is 4.20. The number of nitrogen functional groups attached to an aromatic ring is 1. The molecule has 0 spiro atoms. The molecule has 72 valence electrons. The number of nitrogens with zero attached hydrogens (tertiary/aromatic N) is 1. The fourth-order valence-corrected chi connectivity index (χ4v) is 1.89. The number of benzene rings is 1. The van der Waals surface area contributed by atoms with Crippen LogP contribution < -0.4 is 5.73 Å². The molecular formula is C10H10N2OS. The van der Waals surface area contributed by atoms with E-state index in [0.29, 0.717) is 10.7 Å². The lowest BCUT2D eigenvalue weighted by molar-refractivity contribution is 0.220. The van der Waals surface area contributed by atoms with Crippen molar-refractivity contribution in [1.29, 1.82) is 0 Å². The predicted octanol–water partition coefficient (Wildman–Crippen LogP) is 1.81. The summed E-state index contributed by atoms with van der Waals surface area (Å²) >= 11 is 1.43. The monoisotopic (exact) mass is 206 g/mol. The molecular weight excluding hydrogens is 196 g/mol. The van der Waals surface area contributed by atoms with Crippen molar-refractivity contribution in [3.63, 3.8) is 0 Å². The Balaban J connectivity index is 2.32. The lowest BCUT2D eigenvalue weighted by atomic mass is 10.1. The van der Waals surface area contributed by atoms with E-state index < -0.39 is 6.10 Å². The minimum Gasteiger partial charge on any atom is -0.399 e. The van der Waals surface area contributed by atoms with Crippen molar-refractivity contribution >= 4 is 17.0 Å². The molecule has 2 rings (SSSR count). The molecule has 4 heteroatoms. The maximum atomic E-state index is 9.90. The normalized spacial score (nSPS) is 12.6. The molecule has 1 heterocycles. The molecule has 2 aromatic rings. The molecule has 0 aliphatic carbocycles. The first-order valence-corrected chi connectivity index (χ1v) is 5.08. The quantitative estimate of drug-likeness (QED) is 0.737. The van der Waals surface area contributed by atoms with Crippen LogP contribution in [-0.4, -0.2) is 10.1 Å². The zero-order valence-corrected chi connectivity index (χ0v) is 8.24. The molecule has 0 aliphatic heterocycles. The second kappa shape index (κ2) is 3.77. The molecule has 0 amide bonds. The zero-order valence-electron chi connectivity index (χ0n) is 7.42. The number of rotatable bonds is 2. The van der Waals surface area contributed by atoms with Crippen molar-refractivity contribution in [1.82, 2.24) is 4.98 Å². The van der Waals surface area contributed by atoms with Crippen molar-refractivity contribution in [2.45, 2.75) is 6.10 Å². The second-order valence-electron chi connectivity index (χ2n) is 2.94. The van der Waals surface area contributed by atoms with E-state index in [1.165, 1.54) is 11.3 Å². The van der Waals surface area contributed by atoms with E-state index in [4.69, 9.17) is 5.73 Å². The average Bonchev–Trinajstić information content (AvgIpc) is 2.69. The molecule has 0 aliphatic rings. The van der Waals surface area contributed by atoms with Gasteiger partial charge < -0.3 is 10.8 Å². The van der Waals surface area contributed by atoms with Crippen LogP contribution in [0.3, 0.4) is 0 Å². The Morgan fingerprint density at radius 1 is 1.43 bits per heavy atom. The number of nitrogens with two attached hydrogens (primary N) is 1. The minimum atomic E-state index is -0.668. The number of anilines is 1. The lowest BCUT2D eigenvalue weighted by Gasteiger charge is -2.07. The Labute approximate surface area is 85.8 Å². The van der Waals surface area contributed by atoms with Gasteiger partial charge in [-0.15, -0.1) is 11.3 Å². The molecule has 0 saturated heterocycles. The molecule has 0 bridgehead atoms. The van der Waals surface area contributed by atoms with Crippen LogP contribution >= 0.6 is 11.3 Å². The first-order chi connectivity index (χ1) is 6.77. The third-order valence-corrected chi connectivity index (χ3v) is 2.74. The Morgan fingerprint density at radius 3 is 2.93 bits per heavy atom. The van der Waals surface area contributed by atoms with Crippen LogP contribution in [0.15, 0.2) is 35.8 Å². The van der Waals surface area contributed by atoms with E-state index in [2.05, 4.69) is 4.98 Å². The number of aliphatic hydroxyl groups excluding tert-OH is 1. The summed E-state index contributed by atoms with van der Waals surface area (Å²) in [5, 5.41) is 12.4. The molecule has 1 aromatic heterocycles. The van der Waals surface area contributed by atoms with Gasteiger partial charge in [-0.05, 0) is 17.7 Å². The van der Waals surface area contributed by atoms with E-state index in [9.17, 15) is 5.11 Å². The van der Waals surface area contributed by atoms with Crippen LogP contribution in [0, 0.1) is 0 Å². The van der Waals surface area contributed by atoms with Crippen LogP contribution in [-0.2, 0) is 0 Å². The van der Waals surface area contributed by atoms with E-state index in [1.807, 2.05) is 17.5 Å². The van der Waals surface area contributed by atoms with Crippen LogP contribution in [0.5, 0.6) is 0 Å². The fourth-order valence-electron chi connectivity index (χ4n) is 1.24. The highest BCUT2D eigenvalue weighted by atomic mass is 32.1. The number of hydrogen-bond donors (Lipinski definition) is 2. The van der Waals surface area contributed by atoms with Crippen LogP contribution in [0.1, 0.15) is 16.7 Å². The van der Waals surface area contributed by atoms with Gasteiger partial charge in [0.25, 0.3) is 0 Å². The van der Waals surface area contributed by atoms with Crippen molar-refractivity contribution in [2.75, 3.05) is 5.73 Å². The van der Waals surface area contributed by atoms with Crippen LogP contribution in [0.2, 0.25) is 0 Å². The summed E-state index contributed by atoms with van der Waals surface area (Å²) in [5.41, 5.74) is 7.05. The highest BCUT2D eigenvalue weighted by Crippen LogP contribution is 2.24. The van der Waals surface area contributed by atoms with Gasteiger partial charge in [0.05, 0.1) is 0 Å². The van der Waals surface area contributed by atoms with E-state index in [-0.39, 0.29) is 0 Å². The zero-order chi connectivity index (χ0) is 9.97. The summed E-state index contributed by atoms with van der Waals surface area (Å²) in [5.74, 6) is 0. The highest BCUT2D eigenvalue weighted by molar-refractivity contribution is 7.09. The summed E-state index contributed by atoms with van der Waals surface area (Å²) in [4.78, 5) is 4.05. The Hall–Kier alpha value is -1.39. The van der Waals surface area contributed by atoms with E-state index in [0.717, 1.165) is 5.56 Å². The summed E-state index contributed by atoms with van der Waals surface area (Å²) in [6, 6.07) is 7.20. The maximum absolute atomic E-state index is 9.90. The maximum Gasteiger partial charge on any atom is 0.131 e. The molecule has 0 saturated carbocycles. The van der Waals surface area contributed by atoms with Gasteiger partial charge in [0.15, 0.2) is 0 Å². The van der Waals surface area contributed by atoms with Gasteiger partial charge in [0.1, 0.15) is 11.1 Å². The van der Waals surface area contributed by atoms with Gasteiger partial charge in [-0.1, -0.05) is 12.1 Å². The summed E-state index contributed by atoms with van der Waals surface area (Å²) in [6.45, 7) is 0. The lowest BCUT2D eigenvalue weighted by Crippen LogP contribution is -1.99. The first kappa shape index (κ1) is 9.18. The molecule has 0 radical (unpaired) electrons. The molecule has 14 heavy (non-hydrogen) atoms. The van der Waals surface area contributed by atoms with Gasteiger partial charge in [-0.25, -0.2) is 4.98 Å². The average molecular weight is 206 g/mol. The van der Waals surface area contributed by atoms with E-state index in [1.54, 1.807) is 18.3 Å². The summed E-state index contributed by atoms with van der Waals surface area (Å²) in [6.07, 6.45) is 1.01. The van der Waals surface area contributed by atoms with Crippen LogP contribution in [0.25, 0.3) is 0 Å². The molecule has 1 atom stereocenters. The minimum absolute atomic E-state index is 0.651. The summed E-state index contributed by atoms with van der Waals surface area (Å²) < 4.78 is 0. The second-order valence-corrected chi connectivity index (χ2v) is 3.87. The molecule has 3 N–H and O–H groups in total. The Bertz CT molecular complexity index is 414. The number of aliphatic hydroxyl groups is 1. The summed E-state index contributed by atoms with van der Waals surface area (Å²) in [7, 11) is 0. The predicted molar refractivity (Wildman–Crippen MR) is 57.0 cm³/mol. The van der Waals surface area contributed by atoms with Gasteiger partial charge in [-0.2, -0.15) is 0 Å². The Morgan fingerprint density at radius 2 is 2.29 bits per heavy atom. The SMILES string of the molecule is Nc1cccc(C(O)c2nccs2)c1. The van der Waals surface area contributed by atoms with Crippen molar-refractivity contribution in [3.05, 3.63) is 46.4 Å². The van der Waals surface area contributed by atoms with Crippen molar-refractivity contribution in [2.24, 2.45) is 0 Å². The van der Waals surface area contributed by atoms with Gasteiger partial charge in [0.2, 0.25) is 0 Å². The molecule has 3 nitrogen and oxygen atoms in total. The number of aromatic nitrogens is 1. The third kappa shape index (κ3) is 1.76. The number of hydrogen-bond acceptors (Lipinski definition) is 4. The van der Waals surface area contributed by atoms with Crippen molar-refractivity contribution < 1.29 is 5.11 Å². The largest absolute Gasteiger partial charge is 0.399 e. The number of thiazole rings is 1. The van der Waals surface area contributed by atoms with Gasteiger partial charge >= 0.3 is 0 Å². The van der Waals surface area contributed by atoms with E-state index >= 15 is 0 Å². The molecule has 1 unspecified atom stereocenters. The fraction of sp³-hybridized carbons (Fsp3) is 0.100.